The van der Waals surface area contributed by atoms with Crippen molar-refractivity contribution in [1.82, 2.24) is 0 Å². The van der Waals surface area contributed by atoms with Crippen LogP contribution in [0.4, 0.5) is 0 Å². The summed E-state index contributed by atoms with van der Waals surface area (Å²) < 4.78 is 5.35. The lowest BCUT2D eigenvalue weighted by atomic mass is 9.96. The topological polar surface area (TPSA) is 35.2 Å². The quantitative estimate of drug-likeness (QED) is 0.778. The Labute approximate surface area is 85.1 Å². The lowest BCUT2D eigenvalue weighted by Gasteiger charge is -2.13. The second-order valence-corrected chi connectivity index (χ2v) is 4.01. The van der Waals surface area contributed by atoms with Crippen LogP contribution >= 0.6 is 0 Å². The van der Waals surface area contributed by atoms with Crippen molar-refractivity contribution in [2.24, 2.45) is 5.73 Å². The Hall–Kier alpha value is -1.02. The van der Waals surface area contributed by atoms with E-state index in [1.807, 2.05) is 12.1 Å². The van der Waals surface area contributed by atoms with Gasteiger partial charge in [0, 0.05) is 6.04 Å². The molecule has 1 aliphatic rings. The lowest BCUT2D eigenvalue weighted by molar-refractivity contribution is 0.405. The minimum Gasteiger partial charge on any atom is -0.496 e. The van der Waals surface area contributed by atoms with E-state index in [0.717, 1.165) is 18.6 Å². The molecule has 0 heterocycles. The summed E-state index contributed by atoms with van der Waals surface area (Å²) in [7, 11) is 1.73. The first-order valence-corrected chi connectivity index (χ1v) is 5.19. The van der Waals surface area contributed by atoms with E-state index in [1.165, 1.54) is 12.0 Å². The molecule has 0 amide bonds. The highest BCUT2D eigenvalue weighted by Gasteiger charge is 2.24. The number of ether oxygens (including phenoxy) is 1. The lowest BCUT2D eigenvalue weighted by Crippen LogP contribution is -2.14. The van der Waals surface area contributed by atoms with Gasteiger partial charge in [0.2, 0.25) is 0 Å². The van der Waals surface area contributed by atoms with E-state index in [2.05, 4.69) is 12.1 Å². The molecule has 76 valence electrons. The van der Waals surface area contributed by atoms with Crippen molar-refractivity contribution in [3.8, 4) is 5.75 Å². The Morgan fingerprint density at radius 2 is 2.07 bits per heavy atom. The fourth-order valence-electron chi connectivity index (χ4n) is 2.30. The molecule has 1 aliphatic carbocycles. The summed E-state index contributed by atoms with van der Waals surface area (Å²) in [4.78, 5) is 0. The van der Waals surface area contributed by atoms with Gasteiger partial charge in [-0.25, -0.2) is 0 Å². The smallest absolute Gasteiger partial charge is 0.122 e. The molecule has 2 rings (SSSR count). The summed E-state index contributed by atoms with van der Waals surface area (Å²) in [6, 6.07) is 8.64. The van der Waals surface area contributed by atoms with Crippen molar-refractivity contribution in [1.29, 1.82) is 0 Å². The van der Waals surface area contributed by atoms with Crippen LogP contribution < -0.4 is 10.5 Å². The second kappa shape index (κ2) is 4.01. The van der Waals surface area contributed by atoms with Gasteiger partial charge in [-0.15, -0.1) is 0 Å². The number of hydrogen-bond acceptors (Lipinski definition) is 2. The molecule has 2 N–H and O–H groups in total. The van der Waals surface area contributed by atoms with Gasteiger partial charge >= 0.3 is 0 Å². The second-order valence-electron chi connectivity index (χ2n) is 4.01. The number of nitrogens with two attached hydrogens (primary N) is 1. The predicted octanol–water partition coefficient (Wildman–Crippen LogP) is 2.29. The third-order valence-corrected chi connectivity index (χ3v) is 3.05. The maximum Gasteiger partial charge on any atom is 0.122 e. The zero-order valence-electron chi connectivity index (χ0n) is 8.57. The molecule has 0 aliphatic heterocycles. The van der Waals surface area contributed by atoms with E-state index in [0.29, 0.717) is 12.0 Å². The van der Waals surface area contributed by atoms with E-state index in [1.54, 1.807) is 7.11 Å². The highest BCUT2D eigenvalue weighted by atomic mass is 16.5. The number of rotatable bonds is 2. The monoisotopic (exact) mass is 191 g/mol. The highest BCUT2D eigenvalue weighted by molar-refractivity contribution is 5.36. The van der Waals surface area contributed by atoms with E-state index < -0.39 is 0 Å². The van der Waals surface area contributed by atoms with Gasteiger partial charge in [0.05, 0.1) is 7.11 Å². The highest BCUT2D eigenvalue weighted by Crippen LogP contribution is 2.37. The molecule has 1 aromatic carbocycles. The molecule has 0 saturated heterocycles. The van der Waals surface area contributed by atoms with Gasteiger partial charge in [-0.1, -0.05) is 18.2 Å². The molecule has 0 radical (unpaired) electrons. The average Bonchev–Trinajstić information content (AvgIpc) is 2.65. The number of para-hydroxylation sites is 1. The van der Waals surface area contributed by atoms with Crippen molar-refractivity contribution in [3.05, 3.63) is 29.8 Å². The maximum absolute atomic E-state index is 5.91. The molecule has 1 saturated carbocycles. The van der Waals surface area contributed by atoms with Gasteiger partial charge in [-0.05, 0) is 36.8 Å². The fourth-order valence-corrected chi connectivity index (χ4v) is 2.30. The van der Waals surface area contributed by atoms with E-state index in [4.69, 9.17) is 10.5 Å². The van der Waals surface area contributed by atoms with Crippen LogP contribution in [0, 0.1) is 0 Å². The van der Waals surface area contributed by atoms with Crippen molar-refractivity contribution in [2.45, 2.75) is 31.2 Å². The van der Waals surface area contributed by atoms with Crippen LogP contribution in [0.2, 0.25) is 0 Å². The predicted molar refractivity (Wildman–Crippen MR) is 57.6 cm³/mol. The summed E-state index contributed by atoms with van der Waals surface area (Å²) in [6.45, 7) is 0. The van der Waals surface area contributed by atoms with Crippen LogP contribution in [0.25, 0.3) is 0 Å². The fraction of sp³-hybridized carbons (Fsp3) is 0.500. The first kappa shape index (κ1) is 9.53. The summed E-state index contributed by atoms with van der Waals surface area (Å²) in [5, 5.41) is 0. The molecule has 0 aromatic heterocycles. The molecule has 1 fully saturated rings. The average molecular weight is 191 g/mol. The van der Waals surface area contributed by atoms with Gasteiger partial charge < -0.3 is 10.5 Å². The first-order valence-electron chi connectivity index (χ1n) is 5.19. The van der Waals surface area contributed by atoms with Crippen molar-refractivity contribution >= 4 is 0 Å². The minimum absolute atomic E-state index is 0.380. The standard InChI is InChI=1S/C12H17NO/c1-14-12-5-3-2-4-11(12)9-6-7-10(13)8-9/h2-5,9-10H,6-8,13H2,1H3/t9-,10-/m1/s1. The maximum atomic E-state index is 5.91. The zero-order valence-corrected chi connectivity index (χ0v) is 8.57. The Balaban J connectivity index is 2.22. The summed E-state index contributed by atoms with van der Waals surface area (Å²) >= 11 is 0. The van der Waals surface area contributed by atoms with Crippen LogP contribution in [-0.2, 0) is 0 Å². The van der Waals surface area contributed by atoms with E-state index in [-0.39, 0.29) is 0 Å². The van der Waals surface area contributed by atoms with Crippen LogP contribution in [0.3, 0.4) is 0 Å². The molecule has 0 spiro atoms. The summed E-state index contributed by atoms with van der Waals surface area (Å²) in [5.74, 6) is 1.60. The molecule has 14 heavy (non-hydrogen) atoms. The SMILES string of the molecule is COc1ccccc1[C@@H]1CC[C@@H](N)C1. The normalized spacial score (nSPS) is 26.4. The Bertz CT molecular complexity index is 311. The molecule has 2 nitrogen and oxygen atoms in total. The molecule has 0 unspecified atom stereocenters. The summed E-state index contributed by atoms with van der Waals surface area (Å²) in [6.07, 6.45) is 3.44. The molecule has 2 heteroatoms. The van der Waals surface area contributed by atoms with Crippen LogP contribution in [-0.4, -0.2) is 13.2 Å². The summed E-state index contributed by atoms with van der Waals surface area (Å²) in [5.41, 5.74) is 7.24. The van der Waals surface area contributed by atoms with Gasteiger partial charge in [0.25, 0.3) is 0 Å². The molecular weight excluding hydrogens is 174 g/mol. The van der Waals surface area contributed by atoms with Gasteiger partial charge in [-0.2, -0.15) is 0 Å². The first-order chi connectivity index (χ1) is 6.81. The Kier molecular flexibility index (Phi) is 2.73. The number of benzene rings is 1. The molecule has 0 bridgehead atoms. The zero-order chi connectivity index (χ0) is 9.97. The third kappa shape index (κ3) is 1.75. The minimum atomic E-state index is 0.380. The van der Waals surface area contributed by atoms with Crippen molar-refractivity contribution in [3.63, 3.8) is 0 Å². The Morgan fingerprint density at radius 1 is 1.29 bits per heavy atom. The Morgan fingerprint density at radius 3 is 2.71 bits per heavy atom. The van der Waals surface area contributed by atoms with Crippen LogP contribution in [0.15, 0.2) is 24.3 Å². The van der Waals surface area contributed by atoms with Crippen LogP contribution in [0.1, 0.15) is 30.7 Å². The van der Waals surface area contributed by atoms with Crippen molar-refractivity contribution < 1.29 is 4.74 Å². The molecule has 2 atom stereocenters. The van der Waals surface area contributed by atoms with E-state index in [9.17, 15) is 0 Å². The third-order valence-electron chi connectivity index (χ3n) is 3.05. The van der Waals surface area contributed by atoms with Crippen molar-refractivity contribution in [2.75, 3.05) is 7.11 Å². The van der Waals surface area contributed by atoms with Crippen LogP contribution in [0.5, 0.6) is 5.75 Å². The number of methoxy groups -OCH3 is 1. The van der Waals surface area contributed by atoms with Gasteiger partial charge in [0.1, 0.15) is 5.75 Å². The molecular formula is C12H17NO. The van der Waals surface area contributed by atoms with Gasteiger partial charge in [-0.3, -0.25) is 0 Å². The van der Waals surface area contributed by atoms with Gasteiger partial charge in [0.15, 0.2) is 0 Å². The largest absolute Gasteiger partial charge is 0.496 e. The van der Waals surface area contributed by atoms with E-state index >= 15 is 0 Å². The number of hydrogen-bond donors (Lipinski definition) is 1. The molecule has 1 aromatic rings.